The molecule has 0 aliphatic rings. The van der Waals surface area contributed by atoms with Gasteiger partial charge < -0.3 is 10.2 Å². The van der Waals surface area contributed by atoms with Crippen molar-refractivity contribution >= 4 is 11.8 Å². The molecule has 82 valence electrons. The fourth-order valence-corrected chi connectivity index (χ4v) is 1.53. The van der Waals surface area contributed by atoms with Crippen molar-refractivity contribution in [2.75, 3.05) is 18.9 Å². The predicted molar refractivity (Wildman–Crippen MR) is 50.8 cm³/mol. The number of aliphatic hydroxyl groups is 2. The summed E-state index contributed by atoms with van der Waals surface area (Å²) in [5.41, 5.74) is 0.106. The average molecular weight is 230 g/mol. The van der Waals surface area contributed by atoms with E-state index in [0.29, 0.717) is 17.3 Å². The summed E-state index contributed by atoms with van der Waals surface area (Å²) in [5.74, 6) is 0.295. The number of aliphatic hydroxyl groups excluding tert-OH is 2. The highest BCUT2D eigenvalue weighted by molar-refractivity contribution is 7.99. The van der Waals surface area contributed by atoms with Gasteiger partial charge in [-0.2, -0.15) is 5.26 Å². The smallest absolute Gasteiger partial charge is 0.218 e. The van der Waals surface area contributed by atoms with Crippen LogP contribution in [0.1, 0.15) is 5.69 Å². The van der Waals surface area contributed by atoms with Crippen molar-refractivity contribution < 1.29 is 14.8 Å². The lowest BCUT2D eigenvalue weighted by molar-refractivity contribution is 0.149. The summed E-state index contributed by atoms with van der Waals surface area (Å²) in [6.07, 6.45) is -0.773. The van der Waals surface area contributed by atoms with Gasteiger partial charge in [-0.1, -0.05) is 11.8 Å². The van der Waals surface area contributed by atoms with Gasteiger partial charge in [0.25, 0.3) is 0 Å². The Hall–Kier alpha value is -1.14. The minimum Gasteiger partial charge on any atom is -0.395 e. The molecule has 0 amide bonds. The number of hydrogen-bond donors (Lipinski definition) is 3. The first kappa shape index (κ1) is 11.9. The molecule has 1 aromatic rings. The lowest BCUT2D eigenvalue weighted by Gasteiger charge is -2.09. The molecule has 0 bridgehead atoms. The maximum atomic E-state index is 9.34. The molecule has 0 radical (unpaired) electrons. The van der Waals surface area contributed by atoms with E-state index in [1.54, 1.807) is 0 Å². The molecule has 0 aliphatic carbocycles. The van der Waals surface area contributed by atoms with Gasteiger partial charge in [0.15, 0.2) is 5.03 Å². The van der Waals surface area contributed by atoms with Crippen molar-refractivity contribution in [1.29, 1.82) is 5.26 Å². The molecule has 15 heavy (non-hydrogen) atoms. The first-order chi connectivity index (χ1) is 7.27. The summed E-state index contributed by atoms with van der Waals surface area (Å²) in [5, 5.41) is 36.3. The summed E-state index contributed by atoms with van der Waals surface area (Å²) in [6.45, 7) is 0.264. The zero-order chi connectivity index (χ0) is 11.1. The quantitative estimate of drug-likeness (QED) is 0.418. The Kier molecular flexibility index (Phi) is 5.06. The third-order valence-electron chi connectivity index (χ3n) is 1.43. The highest BCUT2D eigenvalue weighted by atomic mass is 32.2. The SMILES string of the molecule is N#Cc1nonc1SCC(O)NCCO. The maximum absolute atomic E-state index is 9.34. The summed E-state index contributed by atoms with van der Waals surface area (Å²) < 4.78 is 4.36. The number of nitrogens with one attached hydrogen (secondary N) is 1. The average Bonchev–Trinajstić information content (AvgIpc) is 2.70. The van der Waals surface area contributed by atoms with Gasteiger partial charge >= 0.3 is 0 Å². The van der Waals surface area contributed by atoms with Crippen LogP contribution in [0.4, 0.5) is 0 Å². The Bertz CT molecular complexity index is 337. The van der Waals surface area contributed by atoms with Crippen LogP contribution in [0.3, 0.4) is 0 Å². The molecule has 0 aromatic carbocycles. The second-order valence-electron chi connectivity index (χ2n) is 2.53. The van der Waals surface area contributed by atoms with Gasteiger partial charge in [0.1, 0.15) is 12.3 Å². The first-order valence-electron chi connectivity index (χ1n) is 4.15. The van der Waals surface area contributed by atoms with Gasteiger partial charge in [0, 0.05) is 12.3 Å². The Labute approximate surface area is 90.0 Å². The van der Waals surface area contributed by atoms with Crippen LogP contribution in [0.25, 0.3) is 0 Å². The fraction of sp³-hybridized carbons (Fsp3) is 0.571. The van der Waals surface area contributed by atoms with Crippen molar-refractivity contribution in [3.63, 3.8) is 0 Å². The molecular formula is C7H10N4O3S. The highest BCUT2D eigenvalue weighted by Crippen LogP contribution is 2.18. The summed E-state index contributed by atoms with van der Waals surface area (Å²) in [7, 11) is 0. The van der Waals surface area contributed by atoms with Gasteiger partial charge in [-0.05, 0) is 10.3 Å². The van der Waals surface area contributed by atoms with E-state index in [1.807, 2.05) is 6.07 Å². The van der Waals surface area contributed by atoms with Crippen molar-refractivity contribution in [3.05, 3.63) is 5.69 Å². The van der Waals surface area contributed by atoms with E-state index < -0.39 is 6.23 Å². The molecule has 0 aliphatic heterocycles. The molecule has 8 heteroatoms. The molecule has 1 unspecified atom stereocenters. The van der Waals surface area contributed by atoms with E-state index in [9.17, 15) is 5.11 Å². The third-order valence-corrected chi connectivity index (χ3v) is 2.46. The van der Waals surface area contributed by atoms with E-state index >= 15 is 0 Å². The van der Waals surface area contributed by atoms with E-state index in [2.05, 4.69) is 20.3 Å². The van der Waals surface area contributed by atoms with Crippen LogP contribution in [0.15, 0.2) is 9.65 Å². The Morgan fingerprint density at radius 1 is 1.60 bits per heavy atom. The van der Waals surface area contributed by atoms with Crippen LogP contribution < -0.4 is 5.32 Å². The molecular weight excluding hydrogens is 220 g/mol. The zero-order valence-corrected chi connectivity index (χ0v) is 8.57. The minimum atomic E-state index is -0.773. The normalized spacial score (nSPS) is 12.3. The predicted octanol–water partition coefficient (Wildman–Crippen LogP) is -1.07. The monoisotopic (exact) mass is 230 g/mol. The van der Waals surface area contributed by atoms with Crippen LogP contribution in [0, 0.1) is 11.3 Å². The molecule has 1 atom stereocenters. The molecule has 3 N–H and O–H groups in total. The van der Waals surface area contributed by atoms with Gasteiger partial charge in [-0.3, -0.25) is 5.32 Å². The summed E-state index contributed by atoms with van der Waals surface area (Å²) >= 11 is 1.15. The highest BCUT2D eigenvalue weighted by Gasteiger charge is 2.12. The Morgan fingerprint density at radius 3 is 3.07 bits per heavy atom. The topological polar surface area (TPSA) is 115 Å². The minimum absolute atomic E-state index is 0.0450. The number of hydrogen-bond acceptors (Lipinski definition) is 8. The molecule has 0 saturated carbocycles. The van der Waals surface area contributed by atoms with Gasteiger partial charge in [0.05, 0.1) is 6.61 Å². The molecule has 0 spiro atoms. The molecule has 7 nitrogen and oxygen atoms in total. The van der Waals surface area contributed by atoms with E-state index in [4.69, 9.17) is 10.4 Å². The molecule has 1 rings (SSSR count). The van der Waals surface area contributed by atoms with E-state index in [1.165, 1.54) is 0 Å². The largest absolute Gasteiger partial charge is 0.395 e. The van der Waals surface area contributed by atoms with Crippen LogP contribution in [0.5, 0.6) is 0 Å². The molecule has 1 aromatic heterocycles. The molecule has 0 saturated heterocycles. The third kappa shape index (κ3) is 3.85. The lowest BCUT2D eigenvalue weighted by atomic mass is 10.5. The van der Waals surface area contributed by atoms with E-state index in [0.717, 1.165) is 11.8 Å². The van der Waals surface area contributed by atoms with Crippen LogP contribution in [0.2, 0.25) is 0 Å². The van der Waals surface area contributed by atoms with Crippen LogP contribution in [-0.4, -0.2) is 45.7 Å². The number of nitriles is 1. The second kappa shape index (κ2) is 6.36. The zero-order valence-electron chi connectivity index (χ0n) is 7.75. The van der Waals surface area contributed by atoms with Crippen molar-refractivity contribution in [2.24, 2.45) is 0 Å². The van der Waals surface area contributed by atoms with Gasteiger partial charge in [-0.25, -0.2) is 4.63 Å². The van der Waals surface area contributed by atoms with Crippen molar-refractivity contribution in [3.8, 4) is 6.07 Å². The Balaban J connectivity index is 2.34. The first-order valence-corrected chi connectivity index (χ1v) is 5.14. The summed E-state index contributed by atoms with van der Waals surface area (Å²) in [6, 6.07) is 1.81. The van der Waals surface area contributed by atoms with Crippen molar-refractivity contribution in [1.82, 2.24) is 15.6 Å². The van der Waals surface area contributed by atoms with Gasteiger partial charge in [-0.15, -0.1) is 0 Å². The Morgan fingerprint density at radius 2 is 2.40 bits per heavy atom. The number of nitrogens with zero attached hydrogens (tertiary/aromatic N) is 3. The molecule has 0 fully saturated rings. The second-order valence-corrected chi connectivity index (χ2v) is 3.54. The number of rotatable bonds is 6. The standard InChI is InChI=1S/C7H10N4O3S/c8-3-5-7(11-14-10-5)15-4-6(13)9-1-2-12/h6,9,12-13H,1-2,4H2. The lowest BCUT2D eigenvalue weighted by Crippen LogP contribution is -2.33. The van der Waals surface area contributed by atoms with Gasteiger partial charge in [0.2, 0.25) is 5.69 Å². The fourth-order valence-electron chi connectivity index (χ4n) is 0.791. The van der Waals surface area contributed by atoms with Crippen molar-refractivity contribution in [2.45, 2.75) is 11.3 Å². The molecule has 1 heterocycles. The summed E-state index contributed by atoms with van der Waals surface area (Å²) in [4.78, 5) is 0. The van der Waals surface area contributed by atoms with Crippen LogP contribution in [-0.2, 0) is 0 Å². The van der Waals surface area contributed by atoms with E-state index in [-0.39, 0.29) is 12.3 Å². The number of thioether (sulfide) groups is 1. The maximum Gasteiger partial charge on any atom is 0.218 e. The van der Waals surface area contributed by atoms with Crippen LogP contribution >= 0.6 is 11.8 Å². The number of aromatic nitrogens is 2.